The average molecular weight is 275 g/mol. The van der Waals surface area contributed by atoms with E-state index < -0.39 is 18.5 Å². The maximum atomic E-state index is 12.0. The molecule has 0 unspecified atom stereocenters. The number of benzene rings is 1. The summed E-state index contributed by atoms with van der Waals surface area (Å²) in [5.41, 5.74) is 0.283. The molecule has 0 aliphatic carbocycles. The van der Waals surface area contributed by atoms with Gasteiger partial charge in [-0.1, -0.05) is 12.1 Å². The number of hydrogen-bond acceptors (Lipinski definition) is 3. The van der Waals surface area contributed by atoms with Crippen LogP contribution in [0.15, 0.2) is 24.3 Å². The van der Waals surface area contributed by atoms with Gasteiger partial charge in [-0.25, -0.2) is 0 Å². The number of nitrogens with one attached hydrogen (secondary N) is 1. The van der Waals surface area contributed by atoms with Gasteiger partial charge in [0.1, 0.15) is 5.75 Å². The number of rotatable bonds is 6. The zero-order valence-electron chi connectivity index (χ0n) is 10.8. The van der Waals surface area contributed by atoms with Crippen molar-refractivity contribution in [3.8, 4) is 5.75 Å². The van der Waals surface area contributed by atoms with Gasteiger partial charge in [0.15, 0.2) is 5.78 Å². The summed E-state index contributed by atoms with van der Waals surface area (Å²) >= 11 is 0. The van der Waals surface area contributed by atoms with Crippen LogP contribution < -0.4 is 10.1 Å². The van der Waals surface area contributed by atoms with E-state index in [4.69, 9.17) is 4.74 Å². The Labute approximate surface area is 109 Å². The van der Waals surface area contributed by atoms with Crippen LogP contribution in [0.3, 0.4) is 0 Å². The Morgan fingerprint density at radius 3 is 2.53 bits per heavy atom. The molecule has 0 saturated carbocycles. The van der Waals surface area contributed by atoms with Gasteiger partial charge in [0.25, 0.3) is 0 Å². The molecule has 19 heavy (non-hydrogen) atoms. The Kier molecular flexibility index (Phi) is 5.35. The van der Waals surface area contributed by atoms with E-state index in [0.717, 1.165) is 0 Å². The second-order valence-corrected chi connectivity index (χ2v) is 4.30. The van der Waals surface area contributed by atoms with E-state index in [0.29, 0.717) is 5.75 Å². The van der Waals surface area contributed by atoms with Crippen molar-refractivity contribution in [2.24, 2.45) is 0 Å². The highest BCUT2D eigenvalue weighted by atomic mass is 19.4. The van der Waals surface area contributed by atoms with Crippen LogP contribution in [0.1, 0.15) is 24.2 Å². The van der Waals surface area contributed by atoms with Gasteiger partial charge in [-0.2, -0.15) is 13.2 Å². The van der Waals surface area contributed by atoms with Crippen LogP contribution in [0.25, 0.3) is 0 Å². The molecule has 0 aliphatic rings. The van der Waals surface area contributed by atoms with Crippen LogP contribution in [0, 0.1) is 0 Å². The first-order valence-corrected chi connectivity index (χ1v) is 5.86. The van der Waals surface area contributed by atoms with Crippen LogP contribution in [-0.2, 0) is 0 Å². The Morgan fingerprint density at radius 2 is 1.95 bits per heavy atom. The monoisotopic (exact) mass is 275 g/mol. The molecule has 0 saturated heterocycles. The molecular formula is C13H16F3NO2. The van der Waals surface area contributed by atoms with Crippen molar-refractivity contribution in [1.82, 2.24) is 5.32 Å². The van der Waals surface area contributed by atoms with Gasteiger partial charge in [-0.05, 0) is 26.0 Å². The molecule has 1 N–H and O–H groups in total. The molecule has 106 valence electrons. The van der Waals surface area contributed by atoms with E-state index in [-0.39, 0.29) is 18.2 Å². The lowest BCUT2D eigenvalue weighted by Crippen LogP contribution is -2.33. The Hall–Kier alpha value is -1.56. The van der Waals surface area contributed by atoms with Gasteiger partial charge < -0.3 is 10.1 Å². The maximum absolute atomic E-state index is 12.0. The van der Waals surface area contributed by atoms with Crippen molar-refractivity contribution in [2.75, 3.05) is 13.1 Å². The standard InChI is InChI=1S/C13H16F3NO2/c1-9(2)19-12-6-4-3-5-10(12)11(18)7-17-8-13(14,15)16/h3-6,9,17H,7-8H2,1-2H3. The second kappa shape index (κ2) is 6.56. The molecule has 0 heterocycles. The molecule has 0 spiro atoms. The number of ether oxygens (including phenoxy) is 1. The van der Waals surface area contributed by atoms with Crippen LogP contribution in [0.5, 0.6) is 5.75 Å². The quantitative estimate of drug-likeness (QED) is 0.811. The van der Waals surface area contributed by atoms with E-state index in [2.05, 4.69) is 5.32 Å². The van der Waals surface area contributed by atoms with Crippen LogP contribution in [0.4, 0.5) is 13.2 Å². The molecule has 0 bridgehead atoms. The van der Waals surface area contributed by atoms with Crippen molar-refractivity contribution >= 4 is 5.78 Å². The van der Waals surface area contributed by atoms with Gasteiger partial charge in [-0.3, -0.25) is 4.79 Å². The molecule has 0 fully saturated rings. The summed E-state index contributed by atoms with van der Waals surface area (Å²) in [5.74, 6) is -0.0446. The van der Waals surface area contributed by atoms with Crippen molar-refractivity contribution in [2.45, 2.75) is 26.1 Å². The summed E-state index contributed by atoms with van der Waals surface area (Å²) in [5, 5.41) is 2.07. The Balaban J connectivity index is 2.66. The molecule has 3 nitrogen and oxygen atoms in total. The lowest BCUT2D eigenvalue weighted by atomic mass is 10.1. The molecule has 0 amide bonds. The molecular weight excluding hydrogens is 259 g/mol. The first kappa shape index (κ1) is 15.5. The topological polar surface area (TPSA) is 38.3 Å². The second-order valence-electron chi connectivity index (χ2n) is 4.30. The summed E-state index contributed by atoms with van der Waals surface area (Å²) in [6.07, 6.45) is -4.44. The molecule has 0 aromatic heterocycles. The van der Waals surface area contributed by atoms with Gasteiger partial charge in [0.05, 0.1) is 24.8 Å². The molecule has 1 aromatic carbocycles. The minimum absolute atomic E-state index is 0.114. The van der Waals surface area contributed by atoms with Crippen LogP contribution in [0.2, 0.25) is 0 Å². The number of ketones is 1. The molecule has 0 radical (unpaired) electrons. The third kappa shape index (κ3) is 5.74. The number of para-hydroxylation sites is 1. The fraction of sp³-hybridized carbons (Fsp3) is 0.462. The molecule has 1 aromatic rings. The lowest BCUT2D eigenvalue weighted by Gasteiger charge is -2.14. The molecule has 0 aliphatic heterocycles. The van der Waals surface area contributed by atoms with Crippen molar-refractivity contribution < 1.29 is 22.7 Å². The van der Waals surface area contributed by atoms with E-state index in [1.807, 2.05) is 13.8 Å². The lowest BCUT2D eigenvalue weighted by molar-refractivity contribution is -0.124. The van der Waals surface area contributed by atoms with Gasteiger partial charge in [-0.15, -0.1) is 0 Å². The fourth-order valence-corrected chi connectivity index (χ4v) is 1.47. The largest absolute Gasteiger partial charge is 0.490 e. The normalized spacial score (nSPS) is 11.7. The predicted molar refractivity (Wildman–Crippen MR) is 65.5 cm³/mol. The predicted octanol–water partition coefficient (Wildman–Crippen LogP) is 2.81. The zero-order valence-corrected chi connectivity index (χ0v) is 10.8. The highest BCUT2D eigenvalue weighted by molar-refractivity contribution is 6.00. The van der Waals surface area contributed by atoms with Crippen LogP contribution in [-0.4, -0.2) is 31.2 Å². The smallest absolute Gasteiger partial charge is 0.401 e. The third-order valence-electron chi connectivity index (χ3n) is 2.16. The first-order valence-electron chi connectivity index (χ1n) is 5.86. The summed E-state index contributed by atoms with van der Waals surface area (Å²) in [6, 6.07) is 6.51. The molecule has 1 rings (SSSR count). The van der Waals surface area contributed by atoms with Crippen molar-refractivity contribution in [1.29, 1.82) is 0 Å². The van der Waals surface area contributed by atoms with Crippen LogP contribution >= 0.6 is 0 Å². The minimum Gasteiger partial charge on any atom is -0.490 e. The first-order chi connectivity index (χ1) is 8.79. The van der Waals surface area contributed by atoms with E-state index >= 15 is 0 Å². The van der Waals surface area contributed by atoms with E-state index in [9.17, 15) is 18.0 Å². The number of alkyl halides is 3. The van der Waals surface area contributed by atoms with E-state index in [1.165, 1.54) is 6.07 Å². The molecule has 0 atom stereocenters. The third-order valence-corrected chi connectivity index (χ3v) is 2.16. The molecule has 6 heteroatoms. The minimum atomic E-state index is -4.33. The Morgan fingerprint density at radius 1 is 1.32 bits per heavy atom. The highest BCUT2D eigenvalue weighted by Crippen LogP contribution is 2.20. The van der Waals surface area contributed by atoms with Crippen molar-refractivity contribution in [3.05, 3.63) is 29.8 Å². The number of carbonyl (C=O) groups excluding carboxylic acids is 1. The number of carbonyl (C=O) groups is 1. The van der Waals surface area contributed by atoms with Crippen molar-refractivity contribution in [3.63, 3.8) is 0 Å². The summed E-state index contributed by atoms with van der Waals surface area (Å²) in [4.78, 5) is 11.8. The number of Topliss-reactive ketones (excluding diaryl/α,β-unsaturated/α-hetero) is 1. The van der Waals surface area contributed by atoms with E-state index in [1.54, 1.807) is 18.2 Å². The van der Waals surface area contributed by atoms with Gasteiger partial charge in [0.2, 0.25) is 0 Å². The summed E-state index contributed by atoms with van der Waals surface area (Å²) in [7, 11) is 0. The van der Waals surface area contributed by atoms with Gasteiger partial charge >= 0.3 is 6.18 Å². The summed E-state index contributed by atoms with van der Waals surface area (Å²) < 4.78 is 41.3. The SMILES string of the molecule is CC(C)Oc1ccccc1C(=O)CNCC(F)(F)F. The number of halogens is 3. The zero-order chi connectivity index (χ0) is 14.5. The summed E-state index contributed by atoms with van der Waals surface area (Å²) in [6.45, 7) is 2.05. The van der Waals surface area contributed by atoms with Gasteiger partial charge in [0, 0.05) is 0 Å². The average Bonchev–Trinajstić information content (AvgIpc) is 2.27. The Bertz CT molecular complexity index is 430. The maximum Gasteiger partial charge on any atom is 0.401 e. The number of hydrogen-bond donors (Lipinski definition) is 1. The fourth-order valence-electron chi connectivity index (χ4n) is 1.47. The highest BCUT2D eigenvalue weighted by Gasteiger charge is 2.26.